The third-order valence-corrected chi connectivity index (χ3v) is 4.95. The van der Waals surface area contributed by atoms with E-state index in [1.807, 2.05) is 5.38 Å². The fourth-order valence-corrected chi connectivity index (χ4v) is 3.76. The van der Waals surface area contributed by atoms with E-state index in [4.69, 9.17) is 0 Å². The third kappa shape index (κ3) is 2.55. The van der Waals surface area contributed by atoms with Crippen molar-refractivity contribution in [1.82, 2.24) is 0 Å². The van der Waals surface area contributed by atoms with Crippen molar-refractivity contribution in [2.24, 2.45) is 5.92 Å². The van der Waals surface area contributed by atoms with Gasteiger partial charge < -0.3 is 5.11 Å². The van der Waals surface area contributed by atoms with E-state index < -0.39 is 6.10 Å². The topological polar surface area (TPSA) is 37.3 Å². The van der Waals surface area contributed by atoms with Crippen LogP contribution in [0.1, 0.15) is 42.5 Å². The predicted octanol–water partition coefficient (Wildman–Crippen LogP) is 3.63. The molecule has 4 heteroatoms. The molecule has 1 N–H and O–H groups in total. The summed E-state index contributed by atoms with van der Waals surface area (Å²) in [7, 11) is 0. The molecular formula is C12H15BrO2S. The van der Waals surface area contributed by atoms with Crippen LogP contribution in [0.2, 0.25) is 0 Å². The smallest absolute Gasteiger partial charge is 0.193 e. The van der Waals surface area contributed by atoms with Crippen LogP contribution >= 0.6 is 27.3 Å². The van der Waals surface area contributed by atoms with Crippen molar-refractivity contribution in [2.45, 2.75) is 38.2 Å². The van der Waals surface area contributed by atoms with E-state index in [0.29, 0.717) is 5.56 Å². The molecule has 0 aromatic carbocycles. The highest BCUT2D eigenvalue weighted by atomic mass is 79.9. The van der Waals surface area contributed by atoms with Crippen LogP contribution < -0.4 is 0 Å². The Morgan fingerprint density at radius 3 is 2.62 bits per heavy atom. The number of halogens is 1. The lowest BCUT2D eigenvalue weighted by molar-refractivity contribution is 0.0534. The quantitative estimate of drug-likeness (QED) is 0.866. The van der Waals surface area contributed by atoms with Crippen molar-refractivity contribution in [3.63, 3.8) is 0 Å². The van der Waals surface area contributed by atoms with Crippen LogP contribution in [-0.2, 0) is 0 Å². The fourth-order valence-electron chi connectivity index (χ4n) is 2.28. The Morgan fingerprint density at radius 2 is 2.06 bits per heavy atom. The summed E-state index contributed by atoms with van der Waals surface area (Å²) in [4.78, 5) is 12.1. The summed E-state index contributed by atoms with van der Waals surface area (Å²) in [6.07, 6.45) is 4.66. The number of carbonyl (C=O) groups is 1. The minimum atomic E-state index is -0.814. The molecule has 0 bridgehead atoms. The third-order valence-electron chi connectivity index (χ3n) is 3.25. The Morgan fingerprint density at radius 1 is 1.38 bits per heavy atom. The van der Waals surface area contributed by atoms with Gasteiger partial charge in [-0.1, -0.05) is 19.3 Å². The Bertz CT molecular complexity index is 369. The number of thiophene rings is 1. The Balaban J connectivity index is 2.06. The molecule has 1 heterocycles. The fraction of sp³-hybridized carbons (Fsp3) is 0.583. The number of hydrogen-bond donors (Lipinski definition) is 1. The van der Waals surface area contributed by atoms with E-state index in [9.17, 15) is 9.90 Å². The summed E-state index contributed by atoms with van der Waals surface area (Å²) in [6.45, 7) is 0. The average Bonchev–Trinajstić information content (AvgIpc) is 2.75. The van der Waals surface area contributed by atoms with E-state index in [1.54, 1.807) is 5.38 Å². The van der Waals surface area contributed by atoms with Crippen LogP contribution in [0.3, 0.4) is 0 Å². The average molecular weight is 303 g/mol. The Kier molecular flexibility index (Phi) is 4.16. The van der Waals surface area contributed by atoms with Gasteiger partial charge in [0.1, 0.15) is 6.10 Å². The molecule has 2 nitrogen and oxygen atoms in total. The van der Waals surface area contributed by atoms with Gasteiger partial charge in [-0.2, -0.15) is 11.3 Å². The van der Waals surface area contributed by atoms with Gasteiger partial charge >= 0.3 is 0 Å². The first-order chi connectivity index (χ1) is 7.70. The van der Waals surface area contributed by atoms with Gasteiger partial charge in [-0.3, -0.25) is 4.79 Å². The zero-order valence-electron chi connectivity index (χ0n) is 8.99. The SMILES string of the molecule is O=C(c1cscc1Br)C(O)C1CCCCC1. The zero-order valence-corrected chi connectivity index (χ0v) is 11.4. The van der Waals surface area contributed by atoms with E-state index in [0.717, 1.165) is 30.2 Å². The molecule has 0 aliphatic heterocycles. The largest absolute Gasteiger partial charge is 0.385 e. The summed E-state index contributed by atoms with van der Waals surface area (Å²) in [6, 6.07) is 0. The number of ketones is 1. The number of rotatable bonds is 3. The normalized spacial score (nSPS) is 19.6. The first-order valence-corrected chi connectivity index (χ1v) is 7.37. The maximum atomic E-state index is 12.1. The van der Waals surface area contributed by atoms with Crippen LogP contribution in [0.15, 0.2) is 15.2 Å². The van der Waals surface area contributed by atoms with Crippen LogP contribution in [0.5, 0.6) is 0 Å². The van der Waals surface area contributed by atoms with Gasteiger partial charge in [0.25, 0.3) is 0 Å². The van der Waals surface area contributed by atoms with Gasteiger partial charge in [0.15, 0.2) is 5.78 Å². The lowest BCUT2D eigenvalue weighted by atomic mass is 9.83. The van der Waals surface area contributed by atoms with Crippen LogP contribution in [0, 0.1) is 5.92 Å². The minimum absolute atomic E-state index is 0.125. The highest BCUT2D eigenvalue weighted by Gasteiger charge is 2.29. The lowest BCUT2D eigenvalue weighted by Gasteiger charge is -2.25. The van der Waals surface area contributed by atoms with E-state index >= 15 is 0 Å². The summed E-state index contributed by atoms with van der Waals surface area (Å²) < 4.78 is 0.803. The summed E-state index contributed by atoms with van der Waals surface area (Å²) >= 11 is 4.82. The zero-order chi connectivity index (χ0) is 11.5. The lowest BCUT2D eigenvalue weighted by Crippen LogP contribution is -2.31. The number of hydrogen-bond acceptors (Lipinski definition) is 3. The highest BCUT2D eigenvalue weighted by molar-refractivity contribution is 9.10. The number of aliphatic hydroxyl groups is 1. The van der Waals surface area contributed by atoms with Gasteiger partial charge in [0.2, 0.25) is 0 Å². The minimum Gasteiger partial charge on any atom is -0.385 e. The van der Waals surface area contributed by atoms with Crippen molar-refractivity contribution in [3.05, 3.63) is 20.8 Å². The molecule has 1 unspecified atom stereocenters. The molecule has 2 rings (SSSR count). The van der Waals surface area contributed by atoms with Gasteiger partial charge in [0.05, 0.1) is 0 Å². The molecular weight excluding hydrogens is 288 g/mol. The summed E-state index contributed by atoms with van der Waals surface area (Å²) in [5, 5.41) is 13.8. The first-order valence-electron chi connectivity index (χ1n) is 5.64. The van der Waals surface area contributed by atoms with Crippen molar-refractivity contribution < 1.29 is 9.90 Å². The highest BCUT2D eigenvalue weighted by Crippen LogP contribution is 2.30. The molecule has 0 saturated heterocycles. The molecule has 0 amide bonds. The molecule has 0 spiro atoms. The van der Waals surface area contributed by atoms with Crippen molar-refractivity contribution in [2.75, 3.05) is 0 Å². The summed E-state index contributed by atoms with van der Waals surface area (Å²) in [5.41, 5.74) is 0.628. The molecule has 1 aliphatic carbocycles. The molecule has 1 saturated carbocycles. The van der Waals surface area contributed by atoms with E-state index in [1.165, 1.54) is 17.8 Å². The second-order valence-electron chi connectivity index (χ2n) is 4.34. The molecule has 16 heavy (non-hydrogen) atoms. The van der Waals surface area contributed by atoms with Crippen LogP contribution in [0.4, 0.5) is 0 Å². The van der Waals surface area contributed by atoms with Crippen molar-refractivity contribution in [1.29, 1.82) is 0 Å². The molecule has 1 atom stereocenters. The number of aliphatic hydroxyl groups excluding tert-OH is 1. The van der Waals surface area contributed by atoms with E-state index in [2.05, 4.69) is 15.9 Å². The maximum absolute atomic E-state index is 12.1. The van der Waals surface area contributed by atoms with Gasteiger partial charge in [-0.15, -0.1) is 0 Å². The monoisotopic (exact) mass is 302 g/mol. The molecule has 88 valence electrons. The molecule has 1 fully saturated rings. The number of Topliss-reactive ketones (excluding diaryl/α,β-unsaturated/α-hetero) is 1. The molecule has 1 aliphatic rings. The van der Waals surface area contributed by atoms with Gasteiger partial charge in [-0.25, -0.2) is 0 Å². The maximum Gasteiger partial charge on any atom is 0.193 e. The standard InChI is InChI=1S/C12H15BrO2S/c13-10-7-16-6-9(10)12(15)11(14)8-4-2-1-3-5-8/h6-8,11,14H,1-5H2. The Hall–Kier alpha value is -0.190. The first kappa shape index (κ1) is 12.3. The second-order valence-corrected chi connectivity index (χ2v) is 5.94. The molecule has 0 radical (unpaired) electrons. The molecule has 1 aromatic heterocycles. The van der Waals surface area contributed by atoms with Gasteiger partial charge in [0, 0.05) is 20.8 Å². The van der Waals surface area contributed by atoms with Crippen molar-refractivity contribution >= 4 is 33.0 Å². The van der Waals surface area contributed by atoms with Crippen molar-refractivity contribution in [3.8, 4) is 0 Å². The summed E-state index contributed by atoms with van der Waals surface area (Å²) in [5.74, 6) is 0.0353. The van der Waals surface area contributed by atoms with Crippen LogP contribution in [-0.4, -0.2) is 17.0 Å². The van der Waals surface area contributed by atoms with Gasteiger partial charge in [-0.05, 0) is 34.7 Å². The second kappa shape index (κ2) is 5.43. The molecule has 1 aromatic rings. The number of carbonyl (C=O) groups excluding carboxylic acids is 1. The predicted molar refractivity (Wildman–Crippen MR) is 68.9 cm³/mol. The van der Waals surface area contributed by atoms with E-state index in [-0.39, 0.29) is 11.7 Å². The Labute approximate surface area is 108 Å². The van der Waals surface area contributed by atoms with Crippen LogP contribution in [0.25, 0.3) is 0 Å².